The Labute approximate surface area is 122 Å². The standard InChI is InChI=1S/C15H19F2N3O/c1-9(2)12(7-18)14-19-8-13(20-14)10-3-5-11(6-4-10)21-15(16)17/h3-6,8-9,12,15H,7,18H2,1-2H3,(H,19,20). The van der Waals surface area contributed by atoms with Crippen LogP contribution in [0.15, 0.2) is 30.5 Å². The summed E-state index contributed by atoms with van der Waals surface area (Å²) >= 11 is 0. The largest absolute Gasteiger partial charge is 0.435 e. The third-order valence-corrected chi connectivity index (χ3v) is 3.40. The van der Waals surface area contributed by atoms with Crippen molar-refractivity contribution in [3.63, 3.8) is 0 Å². The van der Waals surface area contributed by atoms with Crippen molar-refractivity contribution in [2.24, 2.45) is 11.7 Å². The minimum absolute atomic E-state index is 0.135. The molecule has 0 radical (unpaired) electrons. The molecule has 0 amide bonds. The van der Waals surface area contributed by atoms with E-state index in [2.05, 4.69) is 28.6 Å². The van der Waals surface area contributed by atoms with Crippen LogP contribution in [0.3, 0.4) is 0 Å². The highest BCUT2D eigenvalue weighted by atomic mass is 19.3. The van der Waals surface area contributed by atoms with Gasteiger partial charge in [-0.15, -0.1) is 0 Å². The molecule has 2 aromatic rings. The Bertz CT molecular complexity index is 567. The van der Waals surface area contributed by atoms with Gasteiger partial charge in [-0.05, 0) is 35.7 Å². The first kappa shape index (κ1) is 15.4. The van der Waals surface area contributed by atoms with Gasteiger partial charge in [-0.3, -0.25) is 0 Å². The third-order valence-electron chi connectivity index (χ3n) is 3.40. The summed E-state index contributed by atoms with van der Waals surface area (Å²) in [5, 5.41) is 0. The number of nitrogens with one attached hydrogen (secondary N) is 1. The van der Waals surface area contributed by atoms with Crippen LogP contribution in [0.5, 0.6) is 5.75 Å². The van der Waals surface area contributed by atoms with Crippen molar-refractivity contribution < 1.29 is 13.5 Å². The van der Waals surface area contributed by atoms with Gasteiger partial charge in [0.05, 0.1) is 11.9 Å². The number of alkyl halides is 2. The van der Waals surface area contributed by atoms with Crippen molar-refractivity contribution in [2.45, 2.75) is 26.4 Å². The molecular formula is C15H19F2N3O. The summed E-state index contributed by atoms with van der Waals surface area (Å²) in [7, 11) is 0. The van der Waals surface area contributed by atoms with Gasteiger partial charge in [0.15, 0.2) is 0 Å². The van der Waals surface area contributed by atoms with Crippen LogP contribution >= 0.6 is 0 Å². The highest BCUT2D eigenvalue weighted by Gasteiger charge is 2.17. The Balaban J connectivity index is 2.17. The molecular weight excluding hydrogens is 276 g/mol. The summed E-state index contributed by atoms with van der Waals surface area (Å²) in [5.74, 6) is 1.53. The van der Waals surface area contributed by atoms with Gasteiger partial charge < -0.3 is 15.5 Å². The number of halogens is 2. The van der Waals surface area contributed by atoms with Gasteiger partial charge in [-0.2, -0.15) is 8.78 Å². The van der Waals surface area contributed by atoms with Gasteiger partial charge in [0.2, 0.25) is 0 Å². The normalized spacial score (nSPS) is 12.9. The topological polar surface area (TPSA) is 63.9 Å². The van der Waals surface area contributed by atoms with E-state index in [4.69, 9.17) is 5.73 Å². The van der Waals surface area contributed by atoms with E-state index in [-0.39, 0.29) is 11.7 Å². The predicted molar refractivity (Wildman–Crippen MR) is 77.3 cm³/mol. The highest BCUT2D eigenvalue weighted by molar-refractivity contribution is 5.59. The van der Waals surface area contributed by atoms with Crippen molar-refractivity contribution >= 4 is 0 Å². The number of hydrogen-bond donors (Lipinski definition) is 2. The van der Waals surface area contributed by atoms with Gasteiger partial charge in [-0.25, -0.2) is 4.98 Å². The number of imidazole rings is 1. The number of ether oxygens (including phenoxy) is 1. The number of rotatable bonds is 6. The lowest BCUT2D eigenvalue weighted by Crippen LogP contribution is -2.19. The molecule has 4 nitrogen and oxygen atoms in total. The molecule has 1 atom stereocenters. The summed E-state index contributed by atoms with van der Waals surface area (Å²) in [6, 6.07) is 6.43. The molecule has 0 spiro atoms. The van der Waals surface area contributed by atoms with Crippen molar-refractivity contribution in [3.05, 3.63) is 36.3 Å². The number of nitrogens with two attached hydrogens (primary N) is 1. The summed E-state index contributed by atoms with van der Waals surface area (Å²) in [5.41, 5.74) is 7.46. The lowest BCUT2D eigenvalue weighted by Gasteiger charge is -2.15. The fraction of sp³-hybridized carbons (Fsp3) is 0.400. The van der Waals surface area contributed by atoms with Crippen LogP contribution in [0.4, 0.5) is 8.78 Å². The fourth-order valence-corrected chi connectivity index (χ4v) is 2.19. The van der Waals surface area contributed by atoms with Crippen LogP contribution in [0.2, 0.25) is 0 Å². The molecule has 1 unspecified atom stereocenters. The number of aromatic amines is 1. The SMILES string of the molecule is CC(C)C(CN)c1ncc(-c2ccc(OC(F)F)cc2)[nH]1. The van der Waals surface area contributed by atoms with Crippen LogP contribution < -0.4 is 10.5 Å². The van der Waals surface area contributed by atoms with E-state index in [0.29, 0.717) is 12.5 Å². The Morgan fingerprint density at radius 2 is 1.90 bits per heavy atom. The maximum Gasteiger partial charge on any atom is 0.387 e. The molecule has 0 saturated carbocycles. The summed E-state index contributed by atoms with van der Waals surface area (Å²) < 4.78 is 28.5. The molecule has 0 aliphatic rings. The maximum absolute atomic E-state index is 12.1. The number of nitrogens with zero attached hydrogens (tertiary/aromatic N) is 1. The van der Waals surface area contributed by atoms with Gasteiger partial charge in [0, 0.05) is 12.5 Å². The first-order valence-electron chi connectivity index (χ1n) is 6.81. The molecule has 3 N–H and O–H groups in total. The Kier molecular flexibility index (Phi) is 4.90. The second-order valence-corrected chi connectivity index (χ2v) is 5.17. The van der Waals surface area contributed by atoms with E-state index in [1.165, 1.54) is 12.1 Å². The third kappa shape index (κ3) is 3.78. The molecule has 6 heteroatoms. The van der Waals surface area contributed by atoms with E-state index < -0.39 is 6.61 Å². The van der Waals surface area contributed by atoms with Crippen molar-refractivity contribution in [1.82, 2.24) is 9.97 Å². The molecule has 114 valence electrons. The number of H-pyrrole nitrogens is 1. The van der Waals surface area contributed by atoms with Gasteiger partial charge in [0.25, 0.3) is 0 Å². The maximum atomic E-state index is 12.1. The van der Waals surface area contributed by atoms with E-state index in [0.717, 1.165) is 17.1 Å². The molecule has 0 aliphatic carbocycles. The molecule has 2 rings (SSSR count). The van der Waals surface area contributed by atoms with Gasteiger partial charge in [-0.1, -0.05) is 13.8 Å². The average molecular weight is 295 g/mol. The monoisotopic (exact) mass is 295 g/mol. The molecule has 1 aromatic heterocycles. The molecule has 0 fully saturated rings. The first-order valence-corrected chi connectivity index (χ1v) is 6.81. The van der Waals surface area contributed by atoms with Crippen molar-refractivity contribution in [2.75, 3.05) is 6.54 Å². The molecule has 0 saturated heterocycles. The van der Waals surface area contributed by atoms with Gasteiger partial charge in [0.1, 0.15) is 11.6 Å². The Morgan fingerprint density at radius 1 is 1.24 bits per heavy atom. The van der Waals surface area contributed by atoms with E-state index in [1.807, 2.05) is 0 Å². The van der Waals surface area contributed by atoms with Crippen LogP contribution in [0, 0.1) is 5.92 Å². The second-order valence-electron chi connectivity index (χ2n) is 5.17. The molecule has 0 aliphatic heterocycles. The summed E-state index contributed by atoms with van der Waals surface area (Å²) in [4.78, 5) is 7.61. The zero-order chi connectivity index (χ0) is 15.4. The van der Waals surface area contributed by atoms with E-state index in [1.54, 1.807) is 18.3 Å². The number of hydrogen-bond acceptors (Lipinski definition) is 3. The lowest BCUT2D eigenvalue weighted by molar-refractivity contribution is -0.0498. The average Bonchev–Trinajstić information content (AvgIpc) is 2.89. The number of aromatic nitrogens is 2. The zero-order valence-corrected chi connectivity index (χ0v) is 12.0. The van der Waals surface area contributed by atoms with Crippen molar-refractivity contribution in [1.29, 1.82) is 0 Å². The van der Waals surface area contributed by atoms with Crippen LogP contribution in [0.25, 0.3) is 11.3 Å². The zero-order valence-electron chi connectivity index (χ0n) is 12.0. The molecule has 1 aromatic carbocycles. The predicted octanol–water partition coefficient (Wildman–Crippen LogP) is 3.38. The first-order chi connectivity index (χ1) is 10.0. The lowest BCUT2D eigenvalue weighted by atomic mass is 9.95. The smallest absolute Gasteiger partial charge is 0.387 e. The van der Waals surface area contributed by atoms with Gasteiger partial charge >= 0.3 is 6.61 Å². The summed E-state index contributed by atoms with van der Waals surface area (Å²) in [6.07, 6.45) is 1.73. The van der Waals surface area contributed by atoms with E-state index in [9.17, 15) is 8.78 Å². The highest BCUT2D eigenvalue weighted by Crippen LogP contribution is 2.25. The van der Waals surface area contributed by atoms with E-state index >= 15 is 0 Å². The molecule has 1 heterocycles. The van der Waals surface area contributed by atoms with Crippen LogP contribution in [0.1, 0.15) is 25.6 Å². The summed E-state index contributed by atoms with van der Waals surface area (Å²) in [6.45, 7) is 1.89. The fourth-order valence-electron chi connectivity index (χ4n) is 2.19. The number of benzene rings is 1. The Hall–Kier alpha value is -1.95. The Morgan fingerprint density at radius 3 is 2.43 bits per heavy atom. The molecule has 0 bridgehead atoms. The minimum Gasteiger partial charge on any atom is -0.435 e. The van der Waals surface area contributed by atoms with Crippen LogP contribution in [-0.4, -0.2) is 23.1 Å². The quantitative estimate of drug-likeness (QED) is 0.858. The van der Waals surface area contributed by atoms with Crippen LogP contribution in [-0.2, 0) is 0 Å². The minimum atomic E-state index is -2.81. The second kappa shape index (κ2) is 6.67. The van der Waals surface area contributed by atoms with Crippen molar-refractivity contribution in [3.8, 4) is 17.0 Å². The molecule has 21 heavy (non-hydrogen) atoms.